The average molecular weight is 442 g/mol. The van der Waals surface area contributed by atoms with Crippen molar-refractivity contribution in [3.05, 3.63) is 58.4 Å². The van der Waals surface area contributed by atoms with E-state index in [2.05, 4.69) is 23.4 Å². The van der Waals surface area contributed by atoms with Gasteiger partial charge in [0.15, 0.2) is 5.13 Å². The predicted molar refractivity (Wildman–Crippen MR) is 121 cm³/mol. The molecule has 0 fully saturated rings. The highest BCUT2D eigenvalue weighted by molar-refractivity contribution is 7.14. The van der Waals surface area contributed by atoms with Crippen molar-refractivity contribution < 1.29 is 19.1 Å². The zero-order chi connectivity index (χ0) is 22.7. The summed E-state index contributed by atoms with van der Waals surface area (Å²) in [7, 11) is 1.56. The SMILES string of the molecule is COc1ccccc1N(C(C)=O)c1nc(COC(=O)c2cc(C)n(C(C)C)c2C)cs1. The van der Waals surface area contributed by atoms with E-state index in [9.17, 15) is 9.59 Å². The molecular weight excluding hydrogens is 414 g/mol. The summed E-state index contributed by atoms with van der Waals surface area (Å²) in [6.07, 6.45) is 0. The molecule has 3 aromatic rings. The second kappa shape index (κ2) is 9.34. The number of nitrogens with zero attached hydrogens (tertiary/aromatic N) is 3. The molecule has 0 unspecified atom stereocenters. The Labute approximate surface area is 186 Å². The van der Waals surface area contributed by atoms with Crippen molar-refractivity contribution in [2.45, 2.75) is 47.3 Å². The van der Waals surface area contributed by atoms with Gasteiger partial charge >= 0.3 is 5.97 Å². The highest BCUT2D eigenvalue weighted by atomic mass is 32.1. The van der Waals surface area contributed by atoms with E-state index in [1.165, 1.54) is 23.2 Å². The molecule has 1 amide bonds. The van der Waals surface area contributed by atoms with Crippen LogP contribution in [0, 0.1) is 13.8 Å². The van der Waals surface area contributed by atoms with E-state index in [4.69, 9.17) is 9.47 Å². The molecule has 0 aliphatic rings. The van der Waals surface area contributed by atoms with Gasteiger partial charge in [-0.2, -0.15) is 0 Å². The van der Waals surface area contributed by atoms with Crippen molar-refractivity contribution >= 4 is 34.0 Å². The van der Waals surface area contributed by atoms with Gasteiger partial charge in [-0.15, -0.1) is 11.3 Å². The number of methoxy groups -OCH3 is 1. The number of carbonyl (C=O) groups excluding carboxylic acids is 2. The van der Waals surface area contributed by atoms with E-state index < -0.39 is 0 Å². The summed E-state index contributed by atoms with van der Waals surface area (Å²) in [5.41, 5.74) is 3.64. The molecule has 7 nitrogen and oxygen atoms in total. The van der Waals surface area contributed by atoms with E-state index in [1.54, 1.807) is 24.6 Å². The average Bonchev–Trinajstić information content (AvgIpc) is 3.30. The first-order chi connectivity index (χ1) is 14.7. The molecule has 2 aromatic heterocycles. The van der Waals surface area contributed by atoms with Crippen LogP contribution >= 0.6 is 11.3 Å². The fourth-order valence-corrected chi connectivity index (χ4v) is 4.55. The standard InChI is InChI=1S/C23H27N3O4S/c1-14(2)25-15(3)11-19(16(25)4)22(28)30-12-18-13-31-23(24-18)26(17(5)27)20-9-7-8-10-21(20)29-6/h7-11,13-14H,12H2,1-6H3. The molecule has 1 aromatic carbocycles. The maximum Gasteiger partial charge on any atom is 0.340 e. The van der Waals surface area contributed by atoms with Crippen molar-refractivity contribution in [1.82, 2.24) is 9.55 Å². The topological polar surface area (TPSA) is 73.7 Å². The Morgan fingerprint density at radius 3 is 2.55 bits per heavy atom. The maximum absolute atomic E-state index is 12.6. The minimum Gasteiger partial charge on any atom is -0.495 e. The molecule has 0 N–H and O–H groups in total. The number of carbonyl (C=O) groups is 2. The Hall–Kier alpha value is -3.13. The Kier molecular flexibility index (Phi) is 6.80. The Morgan fingerprint density at radius 2 is 1.94 bits per heavy atom. The summed E-state index contributed by atoms with van der Waals surface area (Å²) in [5.74, 6) is -0.00684. The van der Waals surface area contributed by atoms with Crippen molar-refractivity contribution in [3.63, 3.8) is 0 Å². The Morgan fingerprint density at radius 1 is 1.23 bits per heavy atom. The summed E-state index contributed by atoms with van der Waals surface area (Å²) >= 11 is 1.30. The van der Waals surface area contributed by atoms with E-state index in [0.717, 1.165) is 11.4 Å². The summed E-state index contributed by atoms with van der Waals surface area (Å²) in [6, 6.07) is 9.36. The normalized spacial score (nSPS) is 10.9. The van der Waals surface area contributed by atoms with E-state index >= 15 is 0 Å². The fraction of sp³-hybridized carbons (Fsp3) is 0.348. The number of anilines is 2. The number of hydrogen-bond acceptors (Lipinski definition) is 6. The van der Waals surface area contributed by atoms with E-state index in [1.807, 2.05) is 32.0 Å². The van der Waals surface area contributed by atoms with Crippen LogP contribution in [0.5, 0.6) is 5.75 Å². The van der Waals surface area contributed by atoms with Gasteiger partial charge in [-0.1, -0.05) is 12.1 Å². The molecule has 31 heavy (non-hydrogen) atoms. The fourth-order valence-electron chi connectivity index (χ4n) is 3.68. The maximum atomic E-state index is 12.6. The van der Waals surface area contributed by atoms with Crippen LogP contribution in [0.4, 0.5) is 10.8 Å². The Bertz CT molecular complexity index is 1100. The van der Waals surface area contributed by atoms with Crippen LogP contribution in [0.15, 0.2) is 35.7 Å². The highest BCUT2D eigenvalue weighted by Crippen LogP contribution is 2.35. The molecule has 0 aliphatic heterocycles. The third-order valence-electron chi connectivity index (χ3n) is 4.94. The van der Waals surface area contributed by atoms with Gasteiger partial charge in [-0.25, -0.2) is 9.78 Å². The predicted octanol–water partition coefficient (Wildman–Crippen LogP) is 5.19. The van der Waals surface area contributed by atoms with Crippen LogP contribution in [-0.4, -0.2) is 28.5 Å². The number of rotatable bonds is 7. The zero-order valence-electron chi connectivity index (χ0n) is 18.6. The summed E-state index contributed by atoms with van der Waals surface area (Å²) in [4.78, 5) is 31.0. The molecule has 0 spiro atoms. The van der Waals surface area contributed by atoms with E-state index in [-0.39, 0.29) is 24.5 Å². The first-order valence-corrected chi connectivity index (χ1v) is 10.9. The van der Waals surface area contributed by atoms with Gasteiger partial charge in [0.05, 0.1) is 24.1 Å². The first-order valence-electron chi connectivity index (χ1n) is 9.98. The lowest BCUT2D eigenvalue weighted by Gasteiger charge is -2.20. The van der Waals surface area contributed by atoms with Crippen molar-refractivity contribution in [1.29, 1.82) is 0 Å². The first kappa shape index (κ1) is 22.6. The number of para-hydroxylation sites is 2. The van der Waals surface area contributed by atoms with Crippen LogP contribution in [-0.2, 0) is 16.1 Å². The molecule has 8 heteroatoms. The van der Waals surface area contributed by atoms with Crippen molar-refractivity contribution in [2.24, 2.45) is 0 Å². The molecular formula is C23H27N3O4S. The smallest absolute Gasteiger partial charge is 0.340 e. The van der Waals surface area contributed by atoms with E-state index in [0.29, 0.717) is 27.8 Å². The molecule has 0 aliphatic carbocycles. The molecule has 3 rings (SSSR count). The number of benzene rings is 1. The van der Waals surface area contributed by atoms with Crippen molar-refractivity contribution in [2.75, 3.05) is 12.0 Å². The van der Waals surface area contributed by atoms with Gasteiger partial charge in [0.2, 0.25) is 5.91 Å². The Balaban J connectivity index is 1.77. The zero-order valence-corrected chi connectivity index (χ0v) is 19.4. The third kappa shape index (κ3) is 4.64. The van der Waals surface area contributed by atoms with Crippen LogP contribution in [0.3, 0.4) is 0 Å². The minimum atomic E-state index is -0.386. The number of hydrogen-bond donors (Lipinski definition) is 0. The second-order valence-corrected chi connectivity index (χ2v) is 8.31. The number of ether oxygens (including phenoxy) is 2. The molecule has 0 saturated heterocycles. The lowest BCUT2D eigenvalue weighted by Crippen LogP contribution is -2.23. The van der Waals surface area contributed by atoms with Gasteiger partial charge in [-0.3, -0.25) is 9.69 Å². The number of thiazole rings is 1. The molecule has 0 atom stereocenters. The van der Waals surface area contributed by atoms with Gasteiger partial charge in [0, 0.05) is 29.7 Å². The monoisotopic (exact) mass is 441 g/mol. The third-order valence-corrected chi connectivity index (χ3v) is 5.82. The lowest BCUT2D eigenvalue weighted by molar-refractivity contribution is -0.115. The molecule has 0 saturated carbocycles. The second-order valence-electron chi connectivity index (χ2n) is 7.47. The van der Waals surface area contributed by atoms with Crippen LogP contribution in [0.2, 0.25) is 0 Å². The van der Waals surface area contributed by atoms with Crippen LogP contribution in [0.25, 0.3) is 0 Å². The van der Waals surface area contributed by atoms with Gasteiger partial charge in [0.25, 0.3) is 0 Å². The van der Waals surface area contributed by atoms with Crippen LogP contribution < -0.4 is 9.64 Å². The van der Waals surface area contributed by atoms with Gasteiger partial charge < -0.3 is 14.0 Å². The summed E-state index contributed by atoms with van der Waals surface area (Å²) < 4.78 is 13.0. The molecule has 164 valence electrons. The number of aryl methyl sites for hydroxylation is 1. The largest absolute Gasteiger partial charge is 0.495 e. The highest BCUT2D eigenvalue weighted by Gasteiger charge is 2.22. The summed E-state index contributed by atoms with van der Waals surface area (Å²) in [5, 5.41) is 2.27. The summed E-state index contributed by atoms with van der Waals surface area (Å²) in [6.45, 7) is 9.55. The molecule has 0 radical (unpaired) electrons. The number of esters is 1. The molecule has 2 heterocycles. The minimum absolute atomic E-state index is 0.0261. The van der Waals surface area contributed by atoms with Gasteiger partial charge in [-0.05, 0) is 45.9 Å². The quantitative estimate of drug-likeness (QED) is 0.472. The van der Waals surface area contributed by atoms with Crippen molar-refractivity contribution in [3.8, 4) is 5.75 Å². The number of aromatic nitrogens is 2. The number of amides is 1. The molecule has 0 bridgehead atoms. The van der Waals surface area contributed by atoms with Crippen LogP contribution in [0.1, 0.15) is 54.3 Å². The lowest BCUT2D eigenvalue weighted by atomic mass is 10.2. The van der Waals surface area contributed by atoms with Gasteiger partial charge in [0.1, 0.15) is 12.4 Å².